The van der Waals surface area contributed by atoms with Gasteiger partial charge in [-0.05, 0) is 182 Å². The van der Waals surface area contributed by atoms with Crippen LogP contribution in [0.2, 0.25) is 0 Å². The van der Waals surface area contributed by atoms with Gasteiger partial charge in [0.05, 0.1) is 0 Å². The fourth-order valence-electron chi connectivity index (χ4n) is 13.6. The maximum atomic E-state index is 3.43. The highest BCUT2D eigenvalue weighted by atomic mass is 15.3. The minimum atomic E-state index is 0.886. The first-order valence-electron chi connectivity index (χ1n) is 21.4. The van der Waals surface area contributed by atoms with Crippen LogP contribution in [0.4, 0.5) is 0 Å². The first-order chi connectivity index (χ1) is 21.9. The summed E-state index contributed by atoms with van der Waals surface area (Å²) in [5.41, 5.74) is 0. The third kappa shape index (κ3) is 7.15. The monoisotopic (exact) mass is 621 g/mol. The van der Waals surface area contributed by atoms with Crippen LogP contribution >= 0.6 is 0 Å². The van der Waals surface area contributed by atoms with Crippen LogP contribution in [0.25, 0.3) is 0 Å². The average molecular weight is 621 g/mol. The van der Waals surface area contributed by atoms with Gasteiger partial charge in [-0.2, -0.15) is 0 Å². The van der Waals surface area contributed by atoms with E-state index in [1.807, 2.05) is 0 Å². The van der Waals surface area contributed by atoms with E-state index in [1.165, 1.54) is 122 Å². The van der Waals surface area contributed by atoms with Gasteiger partial charge in [0.15, 0.2) is 0 Å². The summed E-state index contributed by atoms with van der Waals surface area (Å²) < 4.78 is 0. The van der Waals surface area contributed by atoms with Crippen LogP contribution in [0.15, 0.2) is 0 Å². The van der Waals surface area contributed by atoms with Gasteiger partial charge in [-0.3, -0.25) is 9.80 Å². The molecule has 258 valence electrons. The topological polar surface area (TPSA) is 6.48 Å². The minimum Gasteiger partial charge on any atom is -0.294 e. The molecule has 2 heteroatoms. The first-order valence-corrected chi connectivity index (χ1v) is 21.4. The molecule has 7 atom stereocenters. The Morgan fingerprint density at radius 2 is 0.578 bits per heavy atom. The van der Waals surface area contributed by atoms with Gasteiger partial charge in [0, 0.05) is 36.3 Å². The molecule has 0 bridgehead atoms. The fraction of sp³-hybridized carbons (Fsp3) is 1.00. The Bertz CT molecular complexity index is 855. The number of hydrogen-bond donors (Lipinski definition) is 0. The zero-order chi connectivity index (χ0) is 31.1. The third-order valence-corrected chi connectivity index (χ3v) is 16.2. The van der Waals surface area contributed by atoms with Crippen LogP contribution in [-0.4, -0.2) is 46.1 Å². The van der Waals surface area contributed by atoms with Crippen molar-refractivity contribution in [1.29, 1.82) is 0 Å². The molecule has 0 saturated heterocycles. The molecule has 0 N–H and O–H groups in total. The normalized spacial score (nSPS) is 49.8. The number of hydrogen-bond acceptors (Lipinski definition) is 2. The molecular formula is C43H76N2. The van der Waals surface area contributed by atoms with Crippen molar-refractivity contribution in [2.45, 2.75) is 219 Å². The highest BCUT2D eigenvalue weighted by Gasteiger charge is 2.58. The van der Waals surface area contributed by atoms with E-state index in [2.05, 4.69) is 44.4 Å². The van der Waals surface area contributed by atoms with E-state index in [1.54, 1.807) is 25.7 Å². The highest BCUT2D eigenvalue weighted by Crippen LogP contribution is 2.57. The van der Waals surface area contributed by atoms with E-state index >= 15 is 0 Å². The standard InChI is InChI=1S/C43H76N2/c1-29-10-19-34(20-11-29)44(35-21-12-30(2)13-22-35)42-38-8-6-7-9-39(38)43(41-28-33(5)18-27-40(41)42)45(36-23-14-31(3)15-24-36)37-25-16-32(4)17-26-37/h29-43H,6-28H2,1-5H3. The summed E-state index contributed by atoms with van der Waals surface area (Å²) in [6.45, 7) is 12.9. The molecule has 0 heterocycles. The Kier molecular flexibility index (Phi) is 11.0. The van der Waals surface area contributed by atoms with Gasteiger partial charge in [-0.1, -0.05) is 53.9 Å². The number of rotatable bonds is 6. The second-order valence-corrected chi connectivity index (χ2v) is 19.4. The van der Waals surface area contributed by atoms with E-state index in [0.29, 0.717) is 0 Å². The highest BCUT2D eigenvalue weighted by molar-refractivity contribution is 5.11. The van der Waals surface area contributed by atoms with Gasteiger partial charge in [0.1, 0.15) is 0 Å². The molecule has 7 rings (SSSR count). The molecule has 7 fully saturated rings. The van der Waals surface area contributed by atoms with E-state index in [9.17, 15) is 0 Å². The Morgan fingerprint density at radius 1 is 0.289 bits per heavy atom. The molecule has 45 heavy (non-hydrogen) atoms. The molecule has 0 aromatic heterocycles. The summed E-state index contributed by atoms with van der Waals surface area (Å²) in [4.78, 5) is 6.86. The van der Waals surface area contributed by atoms with E-state index in [-0.39, 0.29) is 0 Å². The van der Waals surface area contributed by atoms with Crippen molar-refractivity contribution in [3.63, 3.8) is 0 Å². The van der Waals surface area contributed by atoms with Crippen LogP contribution in [0.3, 0.4) is 0 Å². The first kappa shape index (κ1) is 33.4. The molecule has 2 nitrogen and oxygen atoms in total. The summed E-state index contributed by atoms with van der Waals surface area (Å²) in [7, 11) is 0. The van der Waals surface area contributed by atoms with Crippen molar-refractivity contribution in [2.24, 2.45) is 53.3 Å². The predicted molar refractivity (Wildman–Crippen MR) is 192 cm³/mol. The average Bonchev–Trinajstić information content (AvgIpc) is 3.05. The molecular weight excluding hydrogens is 544 g/mol. The van der Waals surface area contributed by atoms with Crippen molar-refractivity contribution in [3.05, 3.63) is 0 Å². The summed E-state index contributed by atoms with van der Waals surface area (Å²) in [6, 6.07) is 5.35. The second-order valence-electron chi connectivity index (χ2n) is 19.4. The zero-order valence-electron chi connectivity index (χ0n) is 30.8. The predicted octanol–water partition coefficient (Wildman–Crippen LogP) is 11.5. The quantitative estimate of drug-likeness (QED) is 0.291. The molecule has 0 aromatic carbocycles. The van der Waals surface area contributed by atoms with Gasteiger partial charge in [0.25, 0.3) is 0 Å². The maximum Gasteiger partial charge on any atom is 0.0164 e. The lowest BCUT2D eigenvalue weighted by atomic mass is 9.52. The molecule has 0 spiro atoms. The fourth-order valence-corrected chi connectivity index (χ4v) is 13.6. The van der Waals surface area contributed by atoms with Crippen LogP contribution in [-0.2, 0) is 0 Å². The number of nitrogens with zero attached hydrogens (tertiary/aromatic N) is 2. The Balaban J connectivity index is 1.27. The van der Waals surface area contributed by atoms with Crippen LogP contribution in [0.1, 0.15) is 182 Å². The van der Waals surface area contributed by atoms with Gasteiger partial charge in [-0.15, -0.1) is 0 Å². The molecule has 0 radical (unpaired) electrons. The van der Waals surface area contributed by atoms with Crippen LogP contribution in [0.5, 0.6) is 0 Å². The van der Waals surface area contributed by atoms with Gasteiger partial charge in [-0.25, -0.2) is 0 Å². The molecule has 7 saturated carbocycles. The molecule has 7 aliphatic rings. The summed E-state index contributed by atoms with van der Waals surface area (Å²) in [6.07, 6.45) is 34.8. The van der Waals surface area contributed by atoms with Gasteiger partial charge < -0.3 is 0 Å². The van der Waals surface area contributed by atoms with Gasteiger partial charge in [0.2, 0.25) is 0 Å². The zero-order valence-corrected chi connectivity index (χ0v) is 30.8. The Morgan fingerprint density at radius 3 is 0.933 bits per heavy atom. The molecule has 0 aliphatic heterocycles. The van der Waals surface area contributed by atoms with Crippen LogP contribution in [0, 0.1) is 53.3 Å². The van der Waals surface area contributed by atoms with E-state index in [4.69, 9.17) is 0 Å². The van der Waals surface area contributed by atoms with E-state index in [0.717, 1.165) is 89.5 Å². The summed E-state index contributed by atoms with van der Waals surface area (Å²) in [5, 5.41) is 0. The molecule has 7 aliphatic carbocycles. The van der Waals surface area contributed by atoms with Gasteiger partial charge >= 0.3 is 0 Å². The Hall–Kier alpha value is -0.0800. The minimum absolute atomic E-state index is 0.886. The molecule has 0 amide bonds. The largest absolute Gasteiger partial charge is 0.294 e. The molecule has 0 aromatic rings. The second kappa shape index (κ2) is 14.8. The van der Waals surface area contributed by atoms with Crippen LogP contribution < -0.4 is 0 Å². The van der Waals surface area contributed by atoms with Crippen molar-refractivity contribution >= 4 is 0 Å². The SMILES string of the molecule is CC1CCC(N(C2CCC(C)CC2)C2C3CCCCC3C(N(C3CCC(C)CC3)C3CCC(C)CC3)C3CC(C)CCC32)CC1. The summed E-state index contributed by atoms with van der Waals surface area (Å²) in [5.74, 6) is 8.66. The summed E-state index contributed by atoms with van der Waals surface area (Å²) >= 11 is 0. The molecule has 7 unspecified atom stereocenters. The maximum absolute atomic E-state index is 3.43. The lowest BCUT2D eigenvalue weighted by Gasteiger charge is -2.65. The third-order valence-electron chi connectivity index (χ3n) is 16.2. The lowest BCUT2D eigenvalue weighted by molar-refractivity contribution is -0.153. The number of fused-ring (bicyclic) bond motifs is 2. The van der Waals surface area contributed by atoms with Crippen molar-refractivity contribution in [1.82, 2.24) is 9.80 Å². The van der Waals surface area contributed by atoms with Crippen molar-refractivity contribution in [3.8, 4) is 0 Å². The van der Waals surface area contributed by atoms with E-state index < -0.39 is 0 Å². The smallest absolute Gasteiger partial charge is 0.0164 e. The Labute approximate surface area is 281 Å². The lowest BCUT2D eigenvalue weighted by Crippen LogP contribution is -2.69. The van der Waals surface area contributed by atoms with Crippen molar-refractivity contribution in [2.75, 3.05) is 0 Å². The van der Waals surface area contributed by atoms with Crippen molar-refractivity contribution < 1.29 is 0 Å².